The van der Waals surface area contributed by atoms with Crippen LogP contribution in [-0.4, -0.2) is 7.11 Å². The second kappa shape index (κ2) is 14.1. The number of hydrogen-bond acceptors (Lipinski definition) is 9. The maximum Gasteiger partial charge on any atom is 0.460 e. The summed E-state index contributed by atoms with van der Waals surface area (Å²) >= 11 is 0. The van der Waals surface area contributed by atoms with Gasteiger partial charge in [0.1, 0.15) is 28.7 Å². The van der Waals surface area contributed by atoms with Crippen molar-refractivity contribution in [3.8, 4) is 28.7 Å². The number of hydrogen-bond donors (Lipinski definition) is 0. The van der Waals surface area contributed by atoms with Gasteiger partial charge in [0.05, 0.1) is 0 Å². The maximum absolute atomic E-state index is 6.80. The molecule has 0 radical (unpaired) electrons. The number of rotatable bonds is 11. The van der Waals surface area contributed by atoms with Crippen molar-refractivity contribution in [3.05, 3.63) is 149 Å². The van der Waals surface area contributed by atoms with Crippen LogP contribution in [0.3, 0.4) is 0 Å². The third-order valence-electron chi connectivity index (χ3n) is 6.99. The lowest BCUT2D eigenvalue weighted by Gasteiger charge is -2.32. The van der Waals surface area contributed by atoms with E-state index in [2.05, 4.69) is 0 Å². The molecule has 1 heterocycles. The quantitative estimate of drug-likeness (QED) is 0.127. The lowest BCUT2D eigenvalue weighted by Crippen LogP contribution is -2.10. The van der Waals surface area contributed by atoms with Crippen LogP contribution in [0.1, 0.15) is 27.8 Å². The topological polar surface area (TPSA) is 92.5 Å². The summed E-state index contributed by atoms with van der Waals surface area (Å²) < 4.78 is 55.5. The van der Waals surface area contributed by atoms with Gasteiger partial charge < -0.3 is 27.1 Å². The summed E-state index contributed by atoms with van der Waals surface area (Å²) in [5, 5.41) is 0. The zero-order valence-corrected chi connectivity index (χ0v) is 30.4. The van der Waals surface area contributed by atoms with Gasteiger partial charge in [-0.25, -0.2) is 0 Å². The lowest BCUT2D eigenvalue weighted by atomic mass is 10.2. The summed E-state index contributed by atoms with van der Waals surface area (Å²) in [5.41, 5.74) is 4.93. The van der Waals surface area contributed by atoms with E-state index in [1.807, 2.05) is 156 Å². The summed E-state index contributed by atoms with van der Waals surface area (Å²) in [6.07, 6.45) is 0. The maximum atomic E-state index is 6.80. The van der Waals surface area contributed by atoms with E-state index < -0.39 is 23.0 Å². The Kier molecular flexibility index (Phi) is 9.87. The van der Waals surface area contributed by atoms with Crippen LogP contribution in [0, 0.1) is 34.6 Å². The average molecular weight is 702 g/mol. The molecule has 0 aromatic heterocycles. The minimum Gasteiger partial charge on any atom is -0.422 e. The van der Waals surface area contributed by atoms with Crippen molar-refractivity contribution in [2.24, 2.45) is 13.5 Å². The number of nitrogens with zero attached hydrogens (tertiary/aromatic N) is 3. The van der Waals surface area contributed by atoms with E-state index in [9.17, 15) is 0 Å². The van der Waals surface area contributed by atoms with E-state index in [0.29, 0.717) is 28.7 Å². The minimum atomic E-state index is -3.82. The Morgan fingerprint density at radius 2 is 0.583 bits per heavy atom. The molecule has 1 aliphatic heterocycles. The Bertz CT molecular complexity index is 1930. The molecule has 48 heavy (non-hydrogen) atoms. The van der Waals surface area contributed by atoms with Gasteiger partial charge in [-0.1, -0.05) is 65.2 Å². The molecule has 0 saturated carbocycles. The Balaban J connectivity index is 1.68. The fraction of sp³-hybridized carbons (Fsp3) is 0.167. The molecule has 0 N–H and O–H groups in total. The first kappa shape index (κ1) is 33.6. The molecule has 248 valence electrons. The van der Waals surface area contributed by atoms with Crippen molar-refractivity contribution >= 4 is 23.0 Å². The Hall–Kier alpha value is -4.25. The fourth-order valence-electron chi connectivity index (χ4n) is 4.86. The fourth-order valence-corrected chi connectivity index (χ4v) is 13.8. The predicted octanol–water partition coefficient (Wildman–Crippen LogP) is 12.4. The van der Waals surface area contributed by atoms with E-state index in [0.717, 1.165) is 27.8 Å². The number of aryl methyl sites for hydroxylation is 5. The van der Waals surface area contributed by atoms with E-state index >= 15 is 0 Å². The normalized spacial score (nSPS) is 17.5. The van der Waals surface area contributed by atoms with Gasteiger partial charge in [0, 0.05) is 7.11 Å². The summed E-state index contributed by atoms with van der Waals surface area (Å²) in [5.74, 6) is 2.51. The Labute approximate surface area is 282 Å². The van der Waals surface area contributed by atoms with E-state index in [-0.39, 0.29) is 0 Å². The highest BCUT2D eigenvalue weighted by molar-refractivity contribution is 7.78. The summed E-state index contributed by atoms with van der Waals surface area (Å²) in [7, 11) is -9.84. The molecule has 1 aliphatic rings. The Morgan fingerprint density at radius 1 is 0.354 bits per heavy atom. The molecule has 0 fully saturated rings. The second-order valence-corrected chi connectivity index (χ2v) is 17.8. The largest absolute Gasteiger partial charge is 0.460 e. The van der Waals surface area contributed by atoms with Crippen molar-refractivity contribution in [1.82, 2.24) is 0 Å². The van der Waals surface area contributed by atoms with Crippen molar-refractivity contribution in [2.75, 3.05) is 7.11 Å². The molecule has 0 saturated heterocycles. The summed E-state index contributed by atoms with van der Waals surface area (Å²) in [6.45, 7) is 9.91. The Morgan fingerprint density at radius 3 is 0.833 bits per heavy atom. The van der Waals surface area contributed by atoms with Gasteiger partial charge in [-0.2, -0.15) is 0 Å². The molecule has 0 bridgehead atoms. The molecular formula is C36H38N3O6P3. The van der Waals surface area contributed by atoms with Crippen LogP contribution in [0.4, 0.5) is 0 Å². The summed E-state index contributed by atoms with van der Waals surface area (Å²) in [4.78, 5) is 0. The zero-order valence-electron chi connectivity index (χ0n) is 27.7. The van der Waals surface area contributed by atoms with Crippen molar-refractivity contribution < 1.29 is 27.1 Å². The molecule has 12 heteroatoms. The highest BCUT2D eigenvalue weighted by atomic mass is 31.3. The van der Waals surface area contributed by atoms with Crippen LogP contribution in [0.5, 0.6) is 28.7 Å². The number of benzene rings is 5. The smallest absolute Gasteiger partial charge is 0.422 e. The van der Waals surface area contributed by atoms with Gasteiger partial charge in [-0.3, -0.25) is 0 Å². The van der Waals surface area contributed by atoms with Crippen molar-refractivity contribution in [3.63, 3.8) is 0 Å². The van der Waals surface area contributed by atoms with Crippen LogP contribution in [0.25, 0.3) is 0 Å². The SMILES string of the molecule is COP1(Oc2cccc(C)c2)=NP(Oc2cccc(C)c2)(Oc2cccc(C)c2)=NP(Oc2cccc(C)c2)(Oc2cccc(C)c2)=N1. The minimum absolute atomic E-state index is 0.499. The van der Waals surface area contributed by atoms with Gasteiger partial charge in [-0.15, -0.1) is 9.03 Å². The van der Waals surface area contributed by atoms with Gasteiger partial charge in [0.2, 0.25) is 0 Å². The second-order valence-electron chi connectivity index (χ2n) is 11.5. The van der Waals surface area contributed by atoms with Crippen LogP contribution < -0.4 is 22.6 Å². The van der Waals surface area contributed by atoms with Crippen LogP contribution in [-0.2, 0) is 4.52 Å². The first-order valence-corrected chi connectivity index (χ1v) is 19.9. The molecular weight excluding hydrogens is 663 g/mol. The van der Waals surface area contributed by atoms with Crippen LogP contribution in [0.15, 0.2) is 135 Å². The highest BCUT2D eigenvalue weighted by Crippen LogP contribution is 2.78. The van der Waals surface area contributed by atoms with Crippen molar-refractivity contribution in [2.45, 2.75) is 34.6 Å². The predicted molar refractivity (Wildman–Crippen MR) is 194 cm³/mol. The molecule has 5 aromatic carbocycles. The third-order valence-corrected chi connectivity index (χ3v) is 15.1. The molecule has 9 nitrogen and oxygen atoms in total. The molecule has 0 spiro atoms. The third kappa shape index (κ3) is 8.24. The molecule has 5 aromatic rings. The van der Waals surface area contributed by atoms with Gasteiger partial charge in [0.25, 0.3) is 0 Å². The average Bonchev–Trinajstić information content (AvgIpc) is 3.01. The van der Waals surface area contributed by atoms with E-state index in [1.54, 1.807) is 0 Å². The van der Waals surface area contributed by atoms with E-state index in [4.69, 9.17) is 40.7 Å². The molecule has 6 rings (SSSR count). The standard InChI is InChI=1S/C36H38N3O6P3/c1-27-12-7-17-32(22-27)41-46(40-6)37-47(42-33-18-8-13-28(2)23-33,43-34-19-9-14-29(3)24-34)39-48(38-46,44-35-20-10-15-30(4)25-35)45-36-21-11-16-31(5)26-36/h7-26H,1-6H3. The van der Waals surface area contributed by atoms with Crippen LogP contribution in [0.2, 0.25) is 0 Å². The first-order valence-electron chi connectivity index (χ1n) is 15.3. The molecule has 0 amide bonds. The monoisotopic (exact) mass is 701 g/mol. The highest BCUT2D eigenvalue weighted by Gasteiger charge is 2.47. The lowest BCUT2D eigenvalue weighted by molar-refractivity contribution is 0.379. The first-order chi connectivity index (χ1) is 23.0. The summed E-state index contributed by atoms with van der Waals surface area (Å²) in [6, 6.07) is 38.1. The van der Waals surface area contributed by atoms with Crippen molar-refractivity contribution in [1.29, 1.82) is 0 Å². The molecule has 0 aliphatic carbocycles. The van der Waals surface area contributed by atoms with Gasteiger partial charge in [-0.05, 0) is 123 Å². The molecule has 1 atom stereocenters. The van der Waals surface area contributed by atoms with Gasteiger partial charge in [0.15, 0.2) is 0 Å². The zero-order chi connectivity index (χ0) is 33.8. The van der Waals surface area contributed by atoms with Gasteiger partial charge >= 0.3 is 23.0 Å². The molecule has 1 unspecified atom stereocenters. The van der Waals surface area contributed by atoms with Crippen LogP contribution >= 0.6 is 23.0 Å². The van der Waals surface area contributed by atoms with E-state index in [1.165, 1.54) is 7.11 Å².